The molecule has 1 fully saturated rings. The van der Waals surface area contributed by atoms with E-state index >= 15 is 0 Å². The molecule has 0 bridgehead atoms. The molecule has 108 valence electrons. The molecule has 0 heterocycles. The smallest absolute Gasteiger partial charge is 0.253 e. The normalized spacial score (nSPS) is 15.5. The van der Waals surface area contributed by atoms with E-state index in [9.17, 15) is 9.59 Å². The van der Waals surface area contributed by atoms with Gasteiger partial charge in [0.25, 0.3) is 5.91 Å². The second-order valence-corrected chi connectivity index (χ2v) is 5.39. The van der Waals surface area contributed by atoms with Gasteiger partial charge in [0.2, 0.25) is 5.91 Å². The van der Waals surface area contributed by atoms with Crippen LogP contribution in [0.3, 0.4) is 0 Å². The summed E-state index contributed by atoms with van der Waals surface area (Å²) in [6, 6.07) is 7.35. The Morgan fingerprint density at radius 1 is 1.35 bits per heavy atom. The summed E-state index contributed by atoms with van der Waals surface area (Å²) in [6.07, 6.45) is 2.43. The topological polar surface area (TPSA) is 84.2 Å². The van der Waals surface area contributed by atoms with E-state index in [-0.39, 0.29) is 17.7 Å². The van der Waals surface area contributed by atoms with E-state index in [1.54, 1.807) is 24.3 Å². The molecular formula is C15H21N3O2. The molecule has 1 saturated carbocycles. The molecule has 1 aromatic rings. The van der Waals surface area contributed by atoms with Gasteiger partial charge in [-0.15, -0.1) is 0 Å². The van der Waals surface area contributed by atoms with Crippen molar-refractivity contribution in [3.63, 3.8) is 0 Å². The third-order valence-corrected chi connectivity index (χ3v) is 3.29. The zero-order valence-electron chi connectivity index (χ0n) is 11.7. The second-order valence-electron chi connectivity index (χ2n) is 5.39. The van der Waals surface area contributed by atoms with Gasteiger partial charge in [0.05, 0.1) is 11.3 Å². The van der Waals surface area contributed by atoms with E-state index in [2.05, 4.69) is 10.6 Å². The molecule has 0 aromatic heterocycles. The Balaban J connectivity index is 2.03. The van der Waals surface area contributed by atoms with Gasteiger partial charge in [-0.05, 0) is 37.4 Å². The summed E-state index contributed by atoms with van der Waals surface area (Å²) in [5.74, 6) is -0.118. The fourth-order valence-electron chi connectivity index (χ4n) is 1.88. The van der Waals surface area contributed by atoms with E-state index in [1.807, 2.05) is 6.92 Å². The highest BCUT2D eigenvalue weighted by atomic mass is 16.2. The van der Waals surface area contributed by atoms with Crippen LogP contribution in [-0.2, 0) is 4.79 Å². The predicted octanol–water partition coefficient (Wildman–Crippen LogP) is 1.50. The molecule has 1 aliphatic rings. The molecule has 2 rings (SSSR count). The highest BCUT2D eigenvalue weighted by Crippen LogP contribution is 2.21. The van der Waals surface area contributed by atoms with Crippen molar-refractivity contribution in [3.05, 3.63) is 29.8 Å². The van der Waals surface area contributed by atoms with Crippen molar-refractivity contribution in [2.45, 2.75) is 32.2 Å². The van der Waals surface area contributed by atoms with Gasteiger partial charge in [0, 0.05) is 12.5 Å². The number of para-hydroxylation sites is 1. The first-order chi connectivity index (χ1) is 9.60. The third kappa shape index (κ3) is 4.06. The van der Waals surface area contributed by atoms with Gasteiger partial charge in [-0.2, -0.15) is 0 Å². The minimum Gasteiger partial charge on any atom is -0.349 e. The Hall–Kier alpha value is -1.88. The van der Waals surface area contributed by atoms with E-state index in [1.165, 1.54) is 0 Å². The quantitative estimate of drug-likeness (QED) is 0.735. The lowest BCUT2D eigenvalue weighted by Crippen LogP contribution is -2.27. The second kappa shape index (κ2) is 6.52. The minimum absolute atomic E-state index is 0.116. The lowest BCUT2D eigenvalue weighted by Gasteiger charge is -2.12. The number of amides is 2. The monoisotopic (exact) mass is 275 g/mol. The van der Waals surface area contributed by atoms with Gasteiger partial charge in [-0.1, -0.05) is 19.1 Å². The molecule has 1 unspecified atom stereocenters. The summed E-state index contributed by atoms with van der Waals surface area (Å²) in [4.78, 5) is 24.0. The summed E-state index contributed by atoms with van der Waals surface area (Å²) >= 11 is 0. The van der Waals surface area contributed by atoms with Crippen LogP contribution in [0.5, 0.6) is 0 Å². The highest BCUT2D eigenvalue weighted by Gasteiger charge is 2.25. The maximum Gasteiger partial charge on any atom is 0.253 e. The van der Waals surface area contributed by atoms with Gasteiger partial charge in [0.1, 0.15) is 0 Å². The molecule has 2 amide bonds. The van der Waals surface area contributed by atoms with Crippen LogP contribution in [0.15, 0.2) is 24.3 Å². The average Bonchev–Trinajstić information content (AvgIpc) is 3.22. The summed E-state index contributed by atoms with van der Waals surface area (Å²) in [6.45, 7) is 2.39. The molecule has 4 N–H and O–H groups in total. The number of carbonyl (C=O) groups is 2. The van der Waals surface area contributed by atoms with E-state index < -0.39 is 0 Å². The van der Waals surface area contributed by atoms with Crippen molar-refractivity contribution in [2.24, 2.45) is 11.7 Å². The Labute approximate surface area is 118 Å². The third-order valence-electron chi connectivity index (χ3n) is 3.29. The summed E-state index contributed by atoms with van der Waals surface area (Å²) in [7, 11) is 0. The van der Waals surface area contributed by atoms with E-state index in [0.29, 0.717) is 30.3 Å². The fraction of sp³-hybridized carbons (Fsp3) is 0.467. The van der Waals surface area contributed by atoms with E-state index in [4.69, 9.17) is 5.73 Å². The maximum atomic E-state index is 12.1. The first-order valence-corrected chi connectivity index (χ1v) is 7.00. The molecule has 0 spiro atoms. The van der Waals surface area contributed by atoms with Gasteiger partial charge < -0.3 is 16.4 Å². The number of rotatable bonds is 6. The van der Waals surface area contributed by atoms with Gasteiger partial charge >= 0.3 is 0 Å². The van der Waals surface area contributed by atoms with Crippen molar-refractivity contribution in [3.8, 4) is 0 Å². The maximum absolute atomic E-state index is 12.1. The Morgan fingerprint density at radius 2 is 2.05 bits per heavy atom. The van der Waals surface area contributed by atoms with Crippen molar-refractivity contribution >= 4 is 17.5 Å². The van der Waals surface area contributed by atoms with Crippen LogP contribution in [0, 0.1) is 5.92 Å². The zero-order chi connectivity index (χ0) is 14.5. The fourth-order valence-corrected chi connectivity index (χ4v) is 1.88. The van der Waals surface area contributed by atoms with Crippen LogP contribution in [0.2, 0.25) is 0 Å². The Morgan fingerprint density at radius 3 is 2.70 bits per heavy atom. The van der Waals surface area contributed by atoms with Crippen molar-refractivity contribution in [2.75, 3.05) is 11.9 Å². The van der Waals surface area contributed by atoms with Crippen LogP contribution in [0.4, 0.5) is 5.69 Å². The Bertz CT molecular complexity index is 498. The first-order valence-electron chi connectivity index (χ1n) is 7.00. The molecule has 5 heteroatoms. The predicted molar refractivity (Wildman–Crippen MR) is 78.4 cm³/mol. The Kier molecular flexibility index (Phi) is 4.74. The molecule has 1 aliphatic carbocycles. The van der Waals surface area contributed by atoms with Gasteiger partial charge in [0.15, 0.2) is 0 Å². The zero-order valence-corrected chi connectivity index (χ0v) is 11.7. The summed E-state index contributed by atoms with van der Waals surface area (Å²) in [5.41, 5.74) is 6.57. The molecule has 1 atom stereocenters. The van der Waals surface area contributed by atoms with Crippen LogP contribution in [0.1, 0.15) is 36.5 Å². The lowest BCUT2D eigenvalue weighted by atomic mass is 10.1. The van der Waals surface area contributed by atoms with Crippen LogP contribution >= 0.6 is 0 Å². The number of hydrogen-bond acceptors (Lipinski definition) is 3. The number of anilines is 1. The standard InChI is InChI=1S/C15H21N3O2/c1-10(9-16)8-14(19)18-13-5-3-2-4-12(13)15(20)17-11-6-7-11/h2-5,10-11H,6-9,16H2,1H3,(H,17,20)(H,18,19). The number of hydrogen-bond donors (Lipinski definition) is 3. The van der Waals surface area contributed by atoms with Gasteiger partial charge in [-0.3, -0.25) is 9.59 Å². The number of carbonyl (C=O) groups excluding carboxylic acids is 2. The molecule has 0 aliphatic heterocycles. The van der Waals surface area contributed by atoms with Crippen molar-refractivity contribution < 1.29 is 9.59 Å². The van der Waals surface area contributed by atoms with Crippen LogP contribution < -0.4 is 16.4 Å². The molecule has 1 aromatic carbocycles. The SMILES string of the molecule is CC(CN)CC(=O)Nc1ccccc1C(=O)NC1CC1. The lowest BCUT2D eigenvalue weighted by molar-refractivity contribution is -0.116. The average molecular weight is 275 g/mol. The first kappa shape index (κ1) is 14.5. The number of benzene rings is 1. The van der Waals surface area contributed by atoms with Crippen LogP contribution in [0.25, 0.3) is 0 Å². The molecular weight excluding hydrogens is 254 g/mol. The van der Waals surface area contributed by atoms with Gasteiger partial charge in [-0.25, -0.2) is 0 Å². The van der Waals surface area contributed by atoms with Crippen molar-refractivity contribution in [1.29, 1.82) is 0 Å². The number of nitrogens with one attached hydrogen (secondary N) is 2. The summed E-state index contributed by atoms with van der Waals surface area (Å²) in [5, 5.41) is 5.72. The summed E-state index contributed by atoms with van der Waals surface area (Å²) < 4.78 is 0. The minimum atomic E-state index is -0.129. The highest BCUT2D eigenvalue weighted by molar-refractivity contribution is 6.03. The largest absolute Gasteiger partial charge is 0.349 e. The molecule has 20 heavy (non-hydrogen) atoms. The van der Waals surface area contributed by atoms with Crippen molar-refractivity contribution in [1.82, 2.24) is 5.32 Å². The molecule has 5 nitrogen and oxygen atoms in total. The van der Waals surface area contributed by atoms with Crippen LogP contribution in [-0.4, -0.2) is 24.4 Å². The van der Waals surface area contributed by atoms with E-state index in [0.717, 1.165) is 12.8 Å². The number of nitrogens with two attached hydrogens (primary N) is 1. The molecule has 0 radical (unpaired) electrons. The molecule has 0 saturated heterocycles.